The first-order valence-electron chi connectivity index (χ1n) is 6.11. The first-order valence-corrected chi connectivity index (χ1v) is 6.11. The van der Waals surface area contributed by atoms with Crippen LogP contribution in [0, 0.1) is 0 Å². The predicted octanol–water partition coefficient (Wildman–Crippen LogP) is 0.723. The summed E-state index contributed by atoms with van der Waals surface area (Å²) in [5.74, 6) is 0.982. The van der Waals surface area contributed by atoms with Crippen LogP contribution in [-0.2, 0) is 17.8 Å². The van der Waals surface area contributed by atoms with E-state index in [1.54, 1.807) is 6.33 Å². The van der Waals surface area contributed by atoms with Crippen molar-refractivity contribution in [1.82, 2.24) is 9.97 Å². The van der Waals surface area contributed by atoms with Crippen LogP contribution in [0.2, 0.25) is 0 Å². The van der Waals surface area contributed by atoms with Crippen molar-refractivity contribution in [2.75, 3.05) is 24.6 Å². The van der Waals surface area contributed by atoms with E-state index in [0.717, 1.165) is 36.6 Å². The summed E-state index contributed by atoms with van der Waals surface area (Å²) in [4.78, 5) is 11.0. The number of nitrogens with two attached hydrogens (primary N) is 1. The Balaban J connectivity index is 2.35. The number of hydrogen-bond donors (Lipinski definition) is 1. The van der Waals surface area contributed by atoms with Crippen molar-refractivity contribution in [2.24, 2.45) is 5.73 Å². The second-order valence-corrected chi connectivity index (χ2v) is 4.50. The quantitative estimate of drug-likeness (QED) is 0.834. The lowest BCUT2D eigenvalue weighted by atomic mass is 10.1. The van der Waals surface area contributed by atoms with Gasteiger partial charge < -0.3 is 15.4 Å². The van der Waals surface area contributed by atoms with E-state index in [0.29, 0.717) is 19.2 Å². The van der Waals surface area contributed by atoms with E-state index in [-0.39, 0.29) is 0 Å². The van der Waals surface area contributed by atoms with Crippen molar-refractivity contribution < 1.29 is 4.74 Å². The average Bonchev–Trinajstić information content (AvgIpc) is 2.35. The Morgan fingerprint density at radius 1 is 1.47 bits per heavy atom. The van der Waals surface area contributed by atoms with Crippen molar-refractivity contribution in [2.45, 2.75) is 32.9 Å². The van der Waals surface area contributed by atoms with Gasteiger partial charge in [-0.25, -0.2) is 9.97 Å². The molecule has 1 aromatic heterocycles. The van der Waals surface area contributed by atoms with Crippen LogP contribution in [0.15, 0.2) is 6.33 Å². The summed E-state index contributed by atoms with van der Waals surface area (Å²) in [6.07, 6.45) is 2.52. The van der Waals surface area contributed by atoms with Crippen molar-refractivity contribution in [3.63, 3.8) is 0 Å². The average molecular weight is 236 g/mol. The highest BCUT2D eigenvalue weighted by Crippen LogP contribution is 2.25. The molecule has 2 N–H and O–H groups in total. The monoisotopic (exact) mass is 236 g/mol. The zero-order valence-corrected chi connectivity index (χ0v) is 10.5. The molecule has 1 aromatic rings. The van der Waals surface area contributed by atoms with Crippen LogP contribution in [0.1, 0.15) is 25.1 Å². The Kier molecular flexibility index (Phi) is 3.91. The maximum Gasteiger partial charge on any atom is 0.138 e. The molecule has 5 heteroatoms. The number of fused-ring (bicyclic) bond motifs is 1. The fourth-order valence-electron chi connectivity index (χ4n) is 2.14. The maximum atomic E-state index is 5.66. The van der Waals surface area contributed by atoms with Crippen molar-refractivity contribution in [3.05, 3.63) is 17.6 Å². The predicted molar refractivity (Wildman–Crippen MR) is 66.9 cm³/mol. The third-order valence-electron chi connectivity index (χ3n) is 3.01. The van der Waals surface area contributed by atoms with Gasteiger partial charge in [-0.2, -0.15) is 0 Å². The summed E-state index contributed by atoms with van der Waals surface area (Å²) in [6, 6.07) is 0.375. The van der Waals surface area contributed by atoms with Gasteiger partial charge in [0, 0.05) is 31.1 Å². The molecule has 2 heterocycles. The molecule has 94 valence electrons. The third kappa shape index (κ3) is 2.56. The van der Waals surface area contributed by atoms with Crippen LogP contribution >= 0.6 is 0 Å². The van der Waals surface area contributed by atoms with Crippen LogP contribution in [-0.4, -0.2) is 35.7 Å². The third-order valence-corrected chi connectivity index (χ3v) is 3.01. The molecule has 0 fully saturated rings. The molecule has 0 bridgehead atoms. The number of anilines is 1. The largest absolute Gasteiger partial charge is 0.376 e. The molecule has 17 heavy (non-hydrogen) atoms. The molecule has 1 aliphatic rings. The fraction of sp³-hybridized carbons (Fsp3) is 0.667. The molecule has 0 aromatic carbocycles. The first-order chi connectivity index (χ1) is 8.24. The Hall–Kier alpha value is -1.20. The maximum absolute atomic E-state index is 5.66. The lowest BCUT2D eigenvalue weighted by Crippen LogP contribution is -2.37. The van der Waals surface area contributed by atoms with Gasteiger partial charge in [0.15, 0.2) is 0 Å². The van der Waals surface area contributed by atoms with Gasteiger partial charge in [0.25, 0.3) is 0 Å². The number of ether oxygens (including phenoxy) is 1. The molecule has 1 aliphatic heterocycles. The zero-order valence-electron chi connectivity index (χ0n) is 10.5. The summed E-state index contributed by atoms with van der Waals surface area (Å²) < 4.78 is 5.51. The molecular formula is C12H20N4O. The molecule has 0 amide bonds. The lowest BCUT2D eigenvalue weighted by molar-refractivity contribution is 0.109. The Labute approximate surface area is 102 Å². The van der Waals surface area contributed by atoms with Gasteiger partial charge in [-0.15, -0.1) is 0 Å². The minimum absolute atomic E-state index is 0.375. The van der Waals surface area contributed by atoms with Gasteiger partial charge in [-0.1, -0.05) is 0 Å². The lowest BCUT2D eigenvalue weighted by Gasteiger charge is -2.30. The van der Waals surface area contributed by atoms with Crippen molar-refractivity contribution in [1.29, 1.82) is 0 Å². The smallest absolute Gasteiger partial charge is 0.138 e. The van der Waals surface area contributed by atoms with Crippen LogP contribution in [0.4, 0.5) is 5.82 Å². The van der Waals surface area contributed by atoms with E-state index in [1.165, 1.54) is 0 Å². The van der Waals surface area contributed by atoms with Crippen molar-refractivity contribution in [3.8, 4) is 0 Å². The standard InChI is InChI=1S/C12H20N4O/c1-9(2)16(5-4-13)12-10-7-17-6-3-11(10)14-8-15-12/h8-9H,3-7,13H2,1-2H3. The van der Waals surface area contributed by atoms with E-state index < -0.39 is 0 Å². The van der Waals surface area contributed by atoms with E-state index in [9.17, 15) is 0 Å². The molecule has 0 saturated heterocycles. The minimum atomic E-state index is 0.375. The van der Waals surface area contributed by atoms with Crippen LogP contribution in [0.25, 0.3) is 0 Å². The second-order valence-electron chi connectivity index (χ2n) is 4.50. The molecular weight excluding hydrogens is 216 g/mol. The van der Waals surface area contributed by atoms with E-state index in [1.807, 2.05) is 0 Å². The summed E-state index contributed by atoms with van der Waals surface area (Å²) in [5, 5.41) is 0. The number of aromatic nitrogens is 2. The van der Waals surface area contributed by atoms with Crippen LogP contribution < -0.4 is 10.6 Å². The molecule has 0 unspecified atom stereocenters. The molecule has 0 spiro atoms. The van der Waals surface area contributed by atoms with Gasteiger partial charge in [0.05, 0.1) is 18.9 Å². The molecule has 0 radical (unpaired) electrons. The molecule has 0 saturated carbocycles. The molecule has 0 aliphatic carbocycles. The topological polar surface area (TPSA) is 64.3 Å². The second kappa shape index (κ2) is 5.42. The summed E-state index contributed by atoms with van der Waals surface area (Å²) in [5.41, 5.74) is 7.90. The highest BCUT2D eigenvalue weighted by molar-refractivity contribution is 5.49. The first kappa shape index (κ1) is 12.3. The minimum Gasteiger partial charge on any atom is -0.376 e. The normalized spacial score (nSPS) is 14.8. The fourth-order valence-corrected chi connectivity index (χ4v) is 2.14. The molecule has 2 rings (SSSR count). The van der Waals surface area contributed by atoms with E-state index in [2.05, 4.69) is 28.7 Å². The van der Waals surface area contributed by atoms with Gasteiger partial charge >= 0.3 is 0 Å². The zero-order chi connectivity index (χ0) is 12.3. The van der Waals surface area contributed by atoms with E-state index >= 15 is 0 Å². The Bertz CT molecular complexity index is 381. The highest BCUT2D eigenvalue weighted by Gasteiger charge is 2.21. The van der Waals surface area contributed by atoms with E-state index in [4.69, 9.17) is 10.5 Å². The SMILES string of the molecule is CC(C)N(CCN)c1ncnc2c1COCC2. The van der Waals surface area contributed by atoms with Crippen LogP contribution in [0.5, 0.6) is 0 Å². The molecule has 0 atom stereocenters. The number of hydrogen-bond acceptors (Lipinski definition) is 5. The van der Waals surface area contributed by atoms with Gasteiger partial charge in [0.2, 0.25) is 0 Å². The van der Waals surface area contributed by atoms with Gasteiger partial charge in [-0.05, 0) is 13.8 Å². The summed E-state index contributed by atoms with van der Waals surface area (Å²) >= 11 is 0. The van der Waals surface area contributed by atoms with Gasteiger partial charge in [-0.3, -0.25) is 0 Å². The summed E-state index contributed by atoms with van der Waals surface area (Å²) in [7, 11) is 0. The molecule has 5 nitrogen and oxygen atoms in total. The van der Waals surface area contributed by atoms with Crippen molar-refractivity contribution >= 4 is 5.82 Å². The van der Waals surface area contributed by atoms with Gasteiger partial charge in [0.1, 0.15) is 12.1 Å². The number of nitrogens with zero attached hydrogens (tertiary/aromatic N) is 3. The van der Waals surface area contributed by atoms with Crippen LogP contribution in [0.3, 0.4) is 0 Å². The summed E-state index contributed by atoms with van der Waals surface area (Å²) in [6.45, 7) is 7.09. The Morgan fingerprint density at radius 2 is 2.29 bits per heavy atom. The highest BCUT2D eigenvalue weighted by atomic mass is 16.5. The number of rotatable bonds is 4. The Morgan fingerprint density at radius 3 is 3.00 bits per heavy atom.